The third kappa shape index (κ3) is 1.57. The second-order valence-corrected chi connectivity index (χ2v) is 4.65. The van der Waals surface area contributed by atoms with Crippen molar-refractivity contribution in [1.82, 2.24) is 0 Å². The number of hydrogen-bond acceptors (Lipinski definition) is 3. The molecule has 1 unspecified atom stereocenters. The Morgan fingerprint density at radius 3 is 2.80 bits per heavy atom. The first-order valence-corrected chi connectivity index (χ1v) is 5.42. The standard InChI is InChI=1S/C11H16O4/c1-7(12)6-11-8(3-2-4-15-11)5-9(11)10(13)14/h8-9H,2-6H2,1H3,(H,13,14)/t8-,9?,11+/m0/s1. The van der Waals surface area contributed by atoms with E-state index in [1.165, 1.54) is 6.92 Å². The van der Waals surface area contributed by atoms with E-state index < -0.39 is 17.5 Å². The summed E-state index contributed by atoms with van der Waals surface area (Å²) in [6, 6.07) is 0. The Hall–Kier alpha value is -0.900. The molecule has 0 amide bonds. The first-order valence-electron chi connectivity index (χ1n) is 5.42. The molecule has 1 heterocycles. The molecule has 1 N–H and O–H groups in total. The van der Waals surface area contributed by atoms with E-state index in [4.69, 9.17) is 9.84 Å². The van der Waals surface area contributed by atoms with E-state index in [1.807, 2.05) is 0 Å². The molecule has 84 valence electrons. The van der Waals surface area contributed by atoms with Crippen molar-refractivity contribution in [2.75, 3.05) is 6.61 Å². The summed E-state index contributed by atoms with van der Waals surface area (Å²) in [5.41, 5.74) is -0.671. The zero-order valence-corrected chi connectivity index (χ0v) is 8.86. The van der Waals surface area contributed by atoms with Gasteiger partial charge in [-0.1, -0.05) is 0 Å². The molecular weight excluding hydrogens is 196 g/mol. The summed E-state index contributed by atoms with van der Waals surface area (Å²) in [4.78, 5) is 22.2. The Kier molecular flexibility index (Phi) is 2.54. The summed E-state index contributed by atoms with van der Waals surface area (Å²) in [6.07, 6.45) is 2.91. The van der Waals surface area contributed by atoms with Gasteiger partial charge in [-0.05, 0) is 32.1 Å². The van der Waals surface area contributed by atoms with Gasteiger partial charge >= 0.3 is 5.97 Å². The van der Waals surface area contributed by atoms with Crippen LogP contribution in [0.4, 0.5) is 0 Å². The molecule has 3 atom stereocenters. The molecule has 1 saturated carbocycles. The Morgan fingerprint density at radius 1 is 1.53 bits per heavy atom. The molecule has 2 fully saturated rings. The molecule has 1 aliphatic heterocycles. The van der Waals surface area contributed by atoms with Crippen LogP contribution in [0.1, 0.15) is 32.6 Å². The molecule has 4 heteroatoms. The molecular formula is C11H16O4. The monoisotopic (exact) mass is 212 g/mol. The fraction of sp³-hybridized carbons (Fsp3) is 0.818. The van der Waals surface area contributed by atoms with Gasteiger partial charge in [0, 0.05) is 13.0 Å². The second kappa shape index (κ2) is 3.59. The van der Waals surface area contributed by atoms with Gasteiger partial charge in [0.25, 0.3) is 0 Å². The van der Waals surface area contributed by atoms with Gasteiger partial charge in [-0.3, -0.25) is 9.59 Å². The van der Waals surface area contributed by atoms with Crippen LogP contribution in [0.2, 0.25) is 0 Å². The highest BCUT2D eigenvalue weighted by atomic mass is 16.5. The lowest BCUT2D eigenvalue weighted by atomic mass is 9.56. The molecule has 0 bridgehead atoms. The van der Waals surface area contributed by atoms with E-state index in [0.29, 0.717) is 13.0 Å². The third-order valence-corrected chi connectivity index (χ3v) is 3.69. The van der Waals surface area contributed by atoms with Crippen LogP contribution in [-0.4, -0.2) is 29.1 Å². The van der Waals surface area contributed by atoms with Gasteiger partial charge in [-0.25, -0.2) is 0 Å². The average molecular weight is 212 g/mol. The molecule has 4 nitrogen and oxygen atoms in total. The van der Waals surface area contributed by atoms with E-state index in [1.54, 1.807) is 0 Å². The lowest BCUT2D eigenvalue weighted by Crippen LogP contribution is -2.62. The molecule has 1 saturated heterocycles. The Balaban J connectivity index is 2.18. The maximum Gasteiger partial charge on any atom is 0.309 e. The molecule has 0 aromatic heterocycles. The van der Waals surface area contributed by atoms with Crippen molar-refractivity contribution in [2.24, 2.45) is 11.8 Å². The highest BCUT2D eigenvalue weighted by Crippen LogP contribution is 2.53. The lowest BCUT2D eigenvalue weighted by molar-refractivity contribution is -0.226. The number of carboxylic acid groups (broad SMARTS) is 1. The lowest BCUT2D eigenvalue weighted by Gasteiger charge is -2.56. The largest absolute Gasteiger partial charge is 0.481 e. The molecule has 2 rings (SSSR count). The van der Waals surface area contributed by atoms with Crippen molar-refractivity contribution in [1.29, 1.82) is 0 Å². The van der Waals surface area contributed by atoms with Crippen molar-refractivity contribution in [3.63, 3.8) is 0 Å². The SMILES string of the molecule is CC(=O)C[C@@]12OCCC[C@H]1CC2C(=O)O. The van der Waals surface area contributed by atoms with Gasteiger partial charge in [0.05, 0.1) is 11.5 Å². The summed E-state index contributed by atoms with van der Waals surface area (Å²) in [6.45, 7) is 2.09. The predicted octanol–water partition coefficient (Wildman–Crippen LogP) is 1.24. The number of carbonyl (C=O) groups excluding carboxylic acids is 1. The number of Topliss-reactive ketones (excluding diaryl/α,β-unsaturated/α-hetero) is 1. The normalized spacial score (nSPS) is 39.0. The van der Waals surface area contributed by atoms with Crippen LogP contribution >= 0.6 is 0 Å². The van der Waals surface area contributed by atoms with Gasteiger partial charge < -0.3 is 9.84 Å². The minimum absolute atomic E-state index is 0.0212. The van der Waals surface area contributed by atoms with Gasteiger partial charge in [-0.2, -0.15) is 0 Å². The Bertz CT molecular complexity index is 299. The Morgan fingerprint density at radius 2 is 2.27 bits per heavy atom. The summed E-state index contributed by atoms with van der Waals surface area (Å²) in [5.74, 6) is -1.01. The van der Waals surface area contributed by atoms with Crippen molar-refractivity contribution < 1.29 is 19.4 Å². The van der Waals surface area contributed by atoms with Crippen LogP contribution in [0, 0.1) is 11.8 Å². The molecule has 0 aromatic rings. The number of carbonyl (C=O) groups is 2. The quantitative estimate of drug-likeness (QED) is 0.764. The maximum atomic E-state index is 11.2. The number of rotatable bonds is 3. The van der Waals surface area contributed by atoms with Crippen LogP contribution in [0.25, 0.3) is 0 Å². The fourth-order valence-corrected chi connectivity index (χ4v) is 3.00. The van der Waals surface area contributed by atoms with Gasteiger partial charge in [0.15, 0.2) is 0 Å². The summed E-state index contributed by atoms with van der Waals surface area (Å²) in [7, 11) is 0. The van der Waals surface area contributed by atoms with Gasteiger partial charge in [-0.15, -0.1) is 0 Å². The molecule has 0 spiro atoms. The summed E-state index contributed by atoms with van der Waals surface area (Å²) < 4.78 is 5.65. The summed E-state index contributed by atoms with van der Waals surface area (Å²) in [5, 5.41) is 9.06. The molecule has 2 aliphatic rings. The molecule has 15 heavy (non-hydrogen) atoms. The average Bonchev–Trinajstić information content (AvgIpc) is 2.10. The first kappa shape index (κ1) is 10.6. The maximum absolute atomic E-state index is 11.2. The van der Waals surface area contributed by atoms with E-state index in [0.717, 1.165) is 12.8 Å². The number of ketones is 1. The minimum Gasteiger partial charge on any atom is -0.481 e. The van der Waals surface area contributed by atoms with E-state index in [9.17, 15) is 9.59 Å². The smallest absolute Gasteiger partial charge is 0.309 e. The van der Waals surface area contributed by atoms with E-state index >= 15 is 0 Å². The van der Waals surface area contributed by atoms with Crippen LogP contribution in [0.3, 0.4) is 0 Å². The number of hydrogen-bond donors (Lipinski definition) is 1. The predicted molar refractivity (Wildman–Crippen MR) is 52.4 cm³/mol. The van der Waals surface area contributed by atoms with Crippen molar-refractivity contribution in [2.45, 2.75) is 38.2 Å². The fourth-order valence-electron chi connectivity index (χ4n) is 3.00. The molecule has 0 aromatic carbocycles. The highest BCUT2D eigenvalue weighted by Gasteiger charge is 2.60. The van der Waals surface area contributed by atoms with Crippen LogP contribution < -0.4 is 0 Å². The van der Waals surface area contributed by atoms with Crippen molar-refractivity contribution in [3.8, 4) is 0 Å². The second-order valence-electron chi connectivity index (χ2n) is 4.65. The first-order chi connectivity index (χ1) is 7.06. The topological polar surface area (TPSA) is 63.6 Å². The third-order valence-electron chi connectivity index (χ3n) is 3.69. The van der Waals surface area contributed by atoms with Crippen LogP contribution in [-0.2, 0) is 14.3 Å². The number of aliphatic carboxylic acids is 1. The number of fused-ring (bicyclic) bond motifs is 1. The summed E-state index contributed by atoms with van der Waals surface area (Å²) >= 11 is 0. The van der Waals surface area contributed by atoms with Crippen LogP contribution in [0.15, 0.2) is 0 Å². The van der Waals surface area contributed by atoms with E-state index in [-0.39, 0.29) is 18.1 Å². The van der Waals surface area contributed by atoms with E-state index in [2.05, 4.69) is 0 Å². The molecule has 0 radical (unpaired) electrons. The molecule has 1 aliphatic carbocycles. The number of carboxylic acids is 1. The zero-order chi connectivity index (χ0) is 11.1. The van der Waals surface area contributed by atoms with Crippen molar-refractivity contribution >= 4 is 11.8 Å². The number of ether oxygens (including phenoxy) is 1. The highest BCUT2D eigenvalue weighted by molar-refractivity contribution is 5.80. The zero-order valence-electron chi connectivity index (χ0n) is 8.86. The van der Waals surface area contributed by atoms with Gasteiger partial charge in [0.2, 0.25) is 0 Å². The minimum atomic E-state index is -0.825. The van der Waals surface area contributed by atoms with Crippen molar-refractivity contribution in [3.05, 3.63) is 0 Å². The Labute approximate surface area is 88.6 Å². The van der Waals surface area contributed by atoms with Crippen LogP contribution in [0.5, 0.6) is 0 Å². The van der Waals surface area contributed by atoms with Gasteiger partial charge in [0.1, 0.15) is 5.78 Å².